The fraction of sp³-hybridized carbons (Fsp3) is 0.312. The molecule has 2 heterocycles. The van der Waals surface area contributed by atoms with Crippen molar-refractivity contribution < 1.29 is 4.74 Å². The summed E-state index contributed by atoms with van der Waals surface area (Å²) >= 11 is 0. The molecule has 19 heavy (non-hydrogen) atoms. The Labute approximate surface area is 113 Å². The minimum absolute atomic E-state index is 0.799. The van der Waals surface area contributed by atoms with Crippen LogP contribution in [0.4, 0.5) is 5.82 Å². The maximum atomic E-state index is 5.35. The highest BCUT2D eigenvalue weighted by atomic mass is 16.5. The Bertz CT molecular complexity index is 504. The zero-order chi connectivity index (χ0) is 12.9. The van der Waals surface area contributed by atoms with Crippen LogP contribution in [0.3, 0.4) is 0 Å². The summed E-state index contributed by atoms with van der Waals surface area (Å²) in [6, 6.07) is 14.8. The normalized spacial score (nSPS) is 15.5. The fourth-order valence-electron chi connectivity index (χ4n) is 2.33. The molecule has 0 atom stereocenters. The summed E-state index contributed by atoms with van der Waals surface area (Å²) in [5.74, 6) is 1.06. The lowest BCUT2D eigenvalue weighted by atomic mass is 10.1. The number of benzene rings is 1. The first-order chi connectivity index (χ1) is 9.42. The number of morpholine rings is 1. The third kappa shape index (κ3) is 3.12. The monoisotopic (exact) mass is 254 g/mol. The molecule has 2 aromatic rings. The highest BCUT2D eigenvalue weighted by Crippen LogP contribution is 2.15. The first kappa shape index (κ1) is 12.2. The van der Waals surface area contributed by atoms with Gasteiger partial charge in [-0.15, -0.1) is 0 Å². The third-order valence-electron chi connectivity index (χ3n) is 3.40. The lowest BCUT2D eigenvalue weighted by Crippen LogP contribution is -2.36. The lowest BCUT2D eigenvalue weighted by Gasteiger charge is -2.27. The Kier molecular flexibility index (Phi) is 3.75. The van der Waals surface area contributed by atoms with Gasteiger partial charge >= 0.3 is 0 Å². The van der Waals surface area contributed by atoms with Crippen molar-refractivity contribution in [2.75, 3.05) is 31.2 Å². The largest absolute Gasteiger partial charge is 0.378 e. The Morgan fingerprint density at radius 1 is 0.947 bits per heavy atom. The zero-order valence-corrected chi connectivity index (χ0v) is 11.0. The fourth-order valence-corrected chi connectivity index (χ4v) is 2.33. The standard InChI is InChI=1S/C16H18N2O/c1-2-4-14(5-3-1)12-15-6-7-16(17-13-15)18-8-10-19-11-9-18/h1-7,13H,8-12H2. The van der Waals surface area contributed by atoms with Crippen molar-refractivity contribution >= 4 is 5.82 Å². The second-order valence-corrected chi connectivity index (χ2v) is 4.79. The molecule has 3 nitrogen and oxygen atoms in total. The molecule has 3 heteroatoms. The van der Waals surface area contributed by atoms with Gasteiger partial charge in [-0.2, -0.15) is 0 Å². The molecule has 0 aliphatic carbocycles. The summed E-state index contributed by atoms with van der Waals surface area (Å²) in [7, 11) is 0. The number of hydrogen-bond donors (Lipinski definition) is 0. The molecule has 0 spiro atoms. The summed E-state index contributed by atoms with van der Waals surface area (Å²) in [6.45, 7) is 3.47. The van der Waals surface area contributed by atoms with Crippen LogP contribution in [0, 0.1) is 0 Å². The number of rotatable bonds is 3. The third-order valence-corrected chi connectivity index (χ3v) is 3.40. The SMILES string of the molecule is c1ccc(Cc2ccc(N3CCOCC3)nc2)cc1. The van der Waals surface area contributed by atoms with Gasteiger partial charge in [0.2, 0.25) is 0 Å². The van der Waals surface area contributed by atoms with Gasteiger partial charge in [0.1, 0.15) is 5.82 Å². The number of pyridine rings is 1. The maximum absolute atomic E-state index is 5.35. The molecule has 1 aliphatic heterocycles. The molecule has 1 aromatic heterocycles. The first-order valence-corrected chi connectivity index (χ1v) is 6.73. The topological polar surface area (TPSA) is 25.4 Å². The van der Waals surface area contributed by atoms with Crippen LogP contribution in [0.25, 0.3) is 0 Å². The van der Waals surface area contributed by atoms with Gasteiger partial charge in [-0.25, -0.2) is 4.98 Å². The van der Waals surface area contributed by atoms with Crippen LogP contribution in [0.15, 0.2) is 48.7 Å². The van der Waals surface area contributed by atoms with E-state index in [1.54, 1.807) is 0 Å². The molecule has 0 amide bonds. The van der Waals surface area contributed by atoms with Crippen molar-refractivity contribution in [1.29, 1.82) is 0 Å². The van der Waals surface area contributed by atoms with Gasteiger partial charge in [0.05, 0.1) is 13.2 Å². The van der Waals surface area contributed by atoms with E-state index in [0.717, 1.165) is 38.5 Å². The van der Waals surface area contributed by atoms with Crippen LogP contribution in [-0.2, 0) is 11.2 Å². The summed E-state index contributed by atoms with van der Waals surface area (Å²) < 4.78 is 5.35. The summed E-state index contributed by atoms with van der Waals surface area (Å²) in [5.41, 5.74) is 2.58. The second kappa shape index (κ2) is 5.85. The van der Waals surface area contributed by atoms with Gasteiger partial charge in [-0.1, -0.05) is 36.4 Å². The van der Waals surface area contributed by atoms with E-state index in [0.29, 0.717) is 0 Å². The first-order valence-electron chi connectivity index (χ1n) is 6.73. The Hall–Kier alpha value is -1.87. The Morgan fingerprint density at radius 2 is 1.74 bits per heavy atom. The van der Waals surface area contributed by atoms with Crippen molar-refractivity contribution in [3.63, 3.8) is 0 Å². The van der Waals surface area contributed by atoms with E-state index >= 15 is 0 Å². The van der Waals surface area contributed by atoms with E-state index in [-0.39, 0.29) is 0 Å². The summed E-state index contributed by atoms with van der Waals surface area (Å²) in [4.78, 5) is 6.84. The highest BCUT2D eigenvalue weighted by Gasteiger charge is 2.11. The van der Waals surface area contributed by atoms with Gasteiger partial charge in [-0.05, 0) is 23.6 Å². The average molecular weight is 254 g/mol. The van der Waals surface area contributed by atoms with Crippen LogP contribution < -0.4 is 4.90 Å². The number of ether oxygens (including phenoxy) is 1. The van der Waals surface area contributed by atoms with E-state index in [9.17, 15) is 0 Å². The molecule has 0 N–H and O–H groups in total. The van der Waals surface area contributed by atoms with Gasteiger partial charge < -0.3 is 9.64 Å². The predicted molar refractivity (Wildman–Crippen MR) is 76.5 cm³/mol. The van der Waals surface area contributed by atoms with E-state index in [1.165, 1.54) is 11.1 Å². The minimum Gasteiger partial charge on any atom is -0.378 e. The molecule has 0 saturated carbocycles. The molecule has 1 fully saturated rings. The molecular formula is C16H18N2O. The van der Waals surface area contributed by atoms with Crippen molar-refractivity contribution in [2.24, 2.45) is 0 Å². The van der Waals surface area contributed by atoms with Crippen LogP contribution in [0.5, 0.6) is 0 Å². The Balaban J connectivity index is 1.68. The van der Waals surface area contributed by atoms with Gasteiger partial charge in [0, 0.05) is 19.3 Å². The quantitative estimate of drug-likeness (QED) is 0.841. The second-order valence-electron chi connectivity index (χ2n) is 4.79. The molecule has 1 saturated heterocycles. The average Bonchev–Trinajstić information content (AvgIpc) is 2.50. The maximum Gasteiger partial charge on any atom is 0.128 e. The summed E-state index contributed by atoms with van der Waals surface area (Å²) in [6.07, 6.45) is 2.93. The summed E-state index contributed by atoms with van der Waals surface area (Å²) in [5, 5.41) is 0. The number of anilines is 1. The smallest absolute Gasteiger partial charge is 0.128 e. The highest BCUT2D eigenvalue weighted by molar-refractivity contribution is 5.40. The van der Waals surface area contributed by atoms with E-state index in [4.69, 9.17) is 4.74 Å². The molecular weight excluding hydrogens is 236 g/mol. The molecule has 98 valence electrons. The van der Waals surface area contributed by atoms with Crippen molar-refractivity contribution in [1.82, 2.24) is 4.98 Å². The van der Waals surface area contributed by atoms with Crippen molar-refractivity contribution in [3.8, 4) is 0 Å². The molecule has 0 radical (unpaired) electrons. The number of aromatic nitrogens is 1. The van der Waals surface area contributed by atoms with Crippen LogP contribution in [-0.4, -0.2) is 31.3 Å². The van der Waals surface area contributed by atoms with E-state index < -0.39 is 0 Å². The van der Waals surface area contributed by atoms with Crippen molar-refractivity contribution in [3.05, 3.63) is 59.8 Å². The zero-order valence-electron chi connectivity index (χ0n) is 11.0. The van der Waals surface area contributed by atoms with Gasteiger partial charge in [-0.3, -0.25) is 0 Å². The minimum atomic E-state index is 0.799. The predicted octanol–water partition coefficient (Wildman–Crippen LogP) is 2.51. The van der Waals surface area contributed by atoms with Gasteiger partial charge in [0.25, 0.3) is 0 Å². The molecule has 0 bridgehead atoms. The van der Waals surface area contributed by atoms with Crippen molar-refractivity contribution in [2.45, 2.75) is 6.42 Å². The van der Waals surface area contributed by atoms with Crippen LogP contribution in [0.2, 0.25) is 0 Å². The van der Waals surface area contributed by atoms with E-state index in [1.807, 2.05) is 12.3 Å². The molecule has 0 unspecified atom stereocenters. The van der Waals surface area contributed by atoms with Crippen LogP contribution in [0.1, 0.15) is 11.1 Å². The molecule has 1 aliphatic rings. The lowest BCUT2D eigenvalue weighted by molar-refractivity contribution is 0.122. The number of hydrogen-bond acceptors (Lipinski definition) is 3. The Morgan fingerprint density at radius 3 is 2.42 bits per heavy atom. The van der Waals surface area contributed by atoms with Crippen LogP contribution >= 0.6 is 0 Å². The van der Waals surface area contributed by atoms with Gasteiger partial charge in [0.15, 0.2) is 0 Å². The molecule has 3 rings (SSSR count). The van der Waals surface area contributed by atoms with E-state index in [2.05, 4.69) is 46.3 Å². The molecule has 1 aromatic carbocycles. The number of nitrogens with zero attached hydrogens (tertiary/aromatic N) is 2.